The number of aromatic amines is 1. The van der Waals surface area contributed by atoms with Crippen molar-refractivity contribution in [2.45, 2.75) is 12.8 Å². The van der Waals surface area contributed by atoms with Crippen molar-refractivity contribution in [3.8, 4) is 16.9 Å². The molecule has 0 saturated heterocycles. The summed E-state index contributed by atoms with van der Waals surface area (Å²) in [7, 11) is 1.73. The summed E-state index contributed by atoms with van der Waals surface area (Å²) in [6.07, 6.45) is 0. The summed E-state index contributed by atoms with van der Waals surface area (Å²) in [5.41, 5.74) is 9.15. The van der Waals surface area contributed by atoms with E-state index in [0.29, 0.717) is 0 Å². The Morgan fingerprint density at radius 2 is 1.60 bits per heavy atom. The highest BCUT2D eigenvalue weighted by Gasteiger charge is 2.32. The Hall–Kier alpha value is -3.00. The fourth-order valence-corrected chi connectivity index (χ4v) is 4.29. The van der Waals surface area contributed by atoms with Crippen molar-refractivity contribution in [3.05, 3.63) is 89.1 Å². The molecular weight excluding hydrogens is 306 g/mol. The summed E-state index contributed by atoms with van der Waals surface area (Å²) < 4.78 is 5.47. The second-order valence-corrected chi connectivity index (χ2v) is 6.68. The predicted molar refractivity (Wildman–Crippen MR) is 102 cm³/mol. The minimum atomic E-state index is 0.258. The van der Waals surface area contributed by atoms with Gasteiger partial charge >= 0.3 is 0 Å². The van der Waals surface area contributed by atoms with Crippen LogP contribution in [0.4, 0.5) is 0 Å². The molecule has 25 heavy (non-hydrogen) atoms. The zero-order valence-corrected chi connectivity index (χ0v) is 14.3. The molecule has 1 atom stereocenters. The highest BCUT2D eigenvalue weighted by Crippen LogP contribution is 2.50. The lowest BCUT2D eigenvalue weighted by molar-refractivity contribution is 0.415. The zero-order valence-electron chi connectivity index (χ0n) is 14.3. The van der Waals surface area contributed by atoms with E-state index >= 15 is 0 Å². The molecule has 0 bridgehead atoms. The summed E-state index contributed by atoms with van der Waals surface area (Å²) in [5.74, 6) is 1.16. The molecule has 1 aliphatic carbocycles. The summed E-state index contributed by atoms with van der Waals surface area (Å²) >= 11 is 0. The van der Waals surface area contributed by atoms with Crippen LogP contribution in [0.5, 0.6) is 5.75 Å². The van der Waals surface area contributed by atoms with E-state index < -0.39 is 0 Å². The third-order valence-electron chi connectivity index (χ3n) is 5.37. The quantitative estimate of drug-likeness (QED) is 0.446. The zero-order chi connectivity index (χ0) is 17.0. The van der Waals surface area contributed by atoms with Gasteiger partial charge < -0.3 is 9.72 Å². The fraction of sp³-hybridized carbons (Fsp3) is 0.130. The first-order valence-corrected chi connectivity index (χ1v) is 8.62. The second kappa shape index (κ2) is 5.25. The summed E-state index contributed by atoms with van der Waals surface area (Å²) in [6.45, 7) is 2.18. The molecule has 0 radical (unpaired) electrons. The van der Waals surface area contributed by atoms with E-state index in [-0.39, 0.29) is 5.92 Å². The van der Waals surface area contributed by atoms with Crippen LogP contribution in [0.2, 0.25) is 0 Å². The minimum absolute atomic E-state index is 0.258. The number of rotatable bonds is 2. The molecule has 1 unspecified atom stereocenters. The lowest BCUT2D eigenvalue weighted by Crippen LogP contribution is -2.00. The number of nitrogens with one attached hydrogen (secondary N) is 1. The van der Waals surface area contributed by atoms with Gasteiger partial charge in [0.1, 0.15) is 5.75 Å². The van der Waals surface area contributed by atoms with Crippen LogP contribution in [0.15, 0.2) is 66.7 Å². The fourth-order valence-electron chi connectivity index (χ4n) is 4.29. The van der Waals surface area contributed by atoms with Crippen molar-refractivity contribution < 1.29 is 4.74 Å². The van der Waals surface area contributed by atoms with Crippen molar-refractivity contribution in [3.63, 3.8) is 0 Å². The molecule has 5 rings (SSSR count). The molecule has 1 heterocycles. The van der Waals surface area contributed by atoms with Crippen LogP contribution in [-0.4, -0.2) is 12.1 Å². The van der Waals surface area contributed by atoms with E-state index in [2.05, 4.69) is 78.6 Å². The van der Waals surface area contributed by atoms with Crippen LogP contribution in [0, 0.1) is 6.92 Å². The van der Waals surface area contributed by atoms with Gasteiger partial charge in [-0.3, -0.25) is 0 Å². The van der Waals surface area contributed by atoms with Gasteiger partial charge in [0.15, 0.2) is 0 Å². The van der Waals surface area contributed by atoms with Gasteiger partial charge in [-0.2, -0.15) is 0 Å². The maximum Gasteiger partial charge on any atom is 0.119 e. The highest BCUT2D eigenvalue weighted by molar-refractivity contribution is 5.90. The van der Waals surface area contributed by atoms with Gasteiger partial charge in [-0.25, -0.2) is 0 Å². The predicted octanol–water partition coefficient (Wildman–Crippen LogP) is 5.65. The molecule has 1 aliphatic rings. The molecule has 3 aromatic carbocycles. The first kappa shape index (κ1) is 14.4. The van der Waals surface area contributed by atoms with Gasteiger partial charge in [0.2, 0.25) is 0 Å². The monoisotopic (exact) mass is 325 g/mol. The third-order valence-corrected chi connectivity index (χ3v) is 5.37. The Kier molecular flexibility index (Phi) is 3.01. The van der Waals surface area contributed by atoms with Crippen LogP contribution in [0.25, 0.3) is 22.0 Å². The van der Waals surface area contributed by atoms with Gasteiger partial charge in [-0.1, -0.05) is 48.5 Å². The first-order chi connectivity index (χ1) is 12.3. The summed E-state index contributed by atoms with van der Waals surface area (Å²) in [5, 5.41) is 1.31. The average Bonchev–Trinajstić information content (AvgIpc) is 3.15. The number of methoxy groups -OCH3 is 1. The van der Waals surface area contributed by atoms with Gasteiger partial charge in [-0.15, -0.1) is 0 Å². The molecule has 1 N–H and O–H groups in total. The van der Waals surface area contributed by atoms with Crippen LogP contribution < -0.4 is 4.74 Å². The number of hydrogen-bond donors (Lipinski definition) is 1. The normalized spacial score (nSPS) is 15.2. The molecule has 4 aromatic rings. The van der Waals surface area contributed by atoms with E-state index in [1.54, 1.807) is 7.11 Å². The van der Waals surface area contributed by atoms with Gasteiger partial charge in [0.05, 0.1) is 7.11 Å². The minimum Gasteiger partial charge on any atom is -0.497 e. The maximum atomic E-state index is 5.47. The molecule has 0 aliphatic heterocycles. The Balaban J connectivity index is 1.84. The topological polar surface area (TPSA) is 25.0 Å². The van der Waals surface area contributed by atoms with Crippen molar-refractivity contribution in [1.29, 1.82) is 0 Å². The molecule has 0 saturated carbocycles. The molecule has 2 nitrogen and oxygen atoms in total. The number of fused-ring (bicyclic) bond motifs is 4. The molecule has 1 aromatic heterocycles. The van der Waals surface area contributed by atoms with E-state index in [0.717, 1.165) is 5.75 Å². The van der Waals surface area contributed by atoms with Crippen LogP contribution in [-0.2, 0) is 0 Å². The highest BCUT2D eigenvalue weighted by atomic mass is 16.5. The molecule has 2 heteroatoms. The number of H-pyrrole nitrogens is 1. The van der Waals surface area contributed by atoms with Crippen molar-refractivity contribution in [1.82, 2.24) is 4.98 Å². The first-order valence-electron chi connectivity index (χ1n) is 8.62. The third kappa shape index (κ3) is 1.97. The largest absolute Gasteiger partial charge is 0.497 e. The Morgan fingerprint density at radius 1 is 0.840 bits per heavy atom. The van der Waals surface area contributed by atoms with E-state index in [4.69, 9.17) is 4.74 Å². The van der Waals surface area contributed by atoms with E-state index in [1.807, 2.05) is 0 Å². The second-order valence-electron chi connectivity index (χ2n) is 6.68. The van der Waals surface area contributed by atoms with Gasteiger partial charge in [-0.05, 0) is 52.9 Å². The van der Waals surface area contributed by atoms with Crippen LogP contribution in [0.3, 0.4) is 0 Å². The smallest absolute Gasteiger partial charge is 0.119 e. The van der Waals surface area contributed by atoms with Crippen molar-refractivity contribution >= 4 is 10.9 Å². The Bertz CT molecular complexity index is 1110. The molecule has 0 amide bonds. The number of hydrogen-bond acceptors (Lipinski definition) is 1. The summed E-state index contributed by atoms with van der Waals surface area (Å²) in [4.78, 5) is 3.56. The Labute approximate surface area is 147 Å². The molecule has 0 spiro atoms. The van der Waals surface area contributed by atoms with E-state index in [1.165, 1.54) is 44.4 Å². The molecular formula is C23H19NO. The number of aryl methyl sites for hydroxylation is 1. The average molecular weight is 325 g/mol. The lowest BCUT2D eigenvalue weighted by Gasteiger charge is -2.15. The SMILES string of the molecule is COc1ccc2c(c1)-c1ccccc1C2c1c(C)[nH]c2ccccc12. The summed E-state index contributed by atoms with van der Waals surface area (Å²) in [6, 6.07) is 23.8. The lowest BCUT2D eigenvalue weighted by atomic mass is 9.87. The Morgan fingerprint density at radius 3 is 2.48 bits per heavy atom. The van der Waals surface area contributed by atoms with Crippen molar-refractivity contribution in [2.75, 3.05) is 7.11 Å². The molecule has 122 valence electrons. The van der Waals surface area contributed by atoms with Gasteiger partial charge in [0.25, 0.3) is 0 Å². The van der Waals surface area contributed by atoms with E-state index in [9.17, 15) is 0 Å². The number of para-hydroxylation sites is 1. The van der Waals surface area contributed by atoms with Gasteiger partial charge in [0, 0.05) is 22.5 Å². The van der Waals surface area contributed by atoms with Crippen LogP contribution >= 0.6 is 0 Å². The molecule has 0 fully saturated rings. The number of benzene rings is 3. The van der Waals surface area contributed by atoms with Crippen molar-refractivity contribution in [2.24, 2.45) is 0 Å². The van der Waals surface area contributed by atoms with Crippen LogP contribution in [0.1, 0.15) is 28.3 Å². The number of ether oxygens (including phenoxy) is 1. The standard InChI is InChI=1S/C23H19NO/c1-14-22(19-9-5-6-10-21(19)24-14)23-17-8-4-3-7-16(17)20-13-15(25-2)11-12-18(20)23/h3-13,23-24H,1-2H3. The maximum absolute atomic E-state index is 5.47. The number of aromatic nitrogens is 1.